The van der Waals surface area contributed by atoms with Gasteiger partial charge in [0.05, 0.1) is 18.2 Å². The van der Waals surface area contributed by atoms with Crippen molar-refractivity contribution in [2.75, 3.05) is 31.6 Å². The smallest absolute Gasteiger partial charge is 0.244 e. The topological polar surface area (TPSA) is 50.6 Å². The van der Waals surface area contributed by atoms with Crippen LogP contribution in [0.3, 0.4) is 0 Å². The highest BCUT2D eigenvalue weighted by Crippen LogP contribution is 2.38. The van der Waals surface area contributed by atoms with Crippen molar-refractivity contribution in [3.8, 4) is 0 Å². The van der Waals surface area contributed by atoms with Crippen molar-refractivity contribution in [2.24, 2.45) is 0 Å². The molecule has 2 saturated heterocycles. The number of hydrogen-bond acceptors (Lipinski definition) is 4. The predicted octanol–water partition coefficient (Wildman–Crippen LogP) is 2.17. The zero-order valence-corrected chi connectivity index (χ0v) is 15.3. The average molecular weight is 354 g/mol. The molecule has 0 saturated carbocycles. The van der Waals surface area contributed by atoms with Crippen molar-refractivity contribution in [1.82, 2.24) is 14.7 Å². The van der Waals surface area contributed by atoms with Crippen LogP contribution in [0.2, 0.25) is 0 Å². The van der Waals surface area contributed by atoms with Crippen LogP contribution in [0.5, 0.6) is 0 Å². The molecule has 0 unspecified atom stereocenters. The van der Waals surface area contributed by atoms with Gasteiger partial charge in [-0.05, 0) is 37.5 Å². The fourth-order valence-corrected chi connectivity index (χ4v) is 4.09. The van der Waals surface area contributed by atoms with Crippen LogP contribution in [0, 0.1) is 0 Å². The van der Waals surface area contributed by atoms with Crippen LogP contribution in [-0.4, -0.2) is 59.0 Å². The number of hydrogen-bond donors (Lipinski definition) is 0. The number of aromatic nitrogens is 2. The summed E-state index contributed by atoms with van der Waals surface area (Å²) in [4.78, 5) is 16.7. The van der Waals surface area contributed by atoms with E-state index in [2.05, 4.69) is 41.3 Å². The highest BCUT2D eigenvalue weighted by molar-refractivity contribution is 5.76. The second-order valence-corrected chi connectivity index (χ2v) is 7.38. The predicted molar refractivity (Wildman–Crippen MR) is 100.0 cm³/mol. The first-order valence-corrected chi connectivity index (χ1v) is 9.32. The Kier molecular flexibility index (Phi) is 4.68. The molecule has 26 heavy (non-hydrogen) atoms. The Labute approximate surface area is 154 Å². The van der Waals surface area contributed by atoms with Crippen LogP contribution in [-0.2, 0) is 16.1 Å². The Morgan fingerprint density at radius 3 is 2.73 bits per heavy atom. The highest BCUT2D eigenvalue weighted by atomic mass is 16.5. The molecule has 2 fully saturated rings. The lowest BCUT2D eigenvalue weighted by Crippen LogP contribution is -2.47. The standard InChI is InChI=1S/C20H26N4O2/c1-22(17-6-3-2-4-7-17)18-14-20(26-16-18)8-12-23(13-9-20)19(25)15-24-11-5-10-21-24/h2-7,10-11,18H,8-9,12-16H2,1H3/t18-/m1/s1. The number of nitrogens with zero attached hydrogens (tertiary/aromatic N) is 4. The minimum absolute atomic E-state index is 0.0732. The molecule has 1 aromatic heterocycles. The highest BCUT2D eigenvalue weighted by Gasteiger charge is 2.44. The molecule has 1 spiro atoms. The van der Waals surface area contributed by atoms with E-state index in [1.54, 1.807) is 10.9 Å². The number of benzene rings is 1. The number of amides is 1. The molecule has 2 aromatic rings. The summed E-state index contributed by atoms with van der Waals surface area (Å²) < 4.78 is 7.96. The molecule has 0 aliphatic carbocycles. The molecule has 4 rings (SSSR count). The summed E-state index contributed by atoms with van der Waals surface area (Å²) in [6, 6.07) is 12.7. The van der Waals surface area contributed by atoms with Gasteiger partial charge in [-0.15, -0.1) is 0 Å². The molecular formula is C20H26N4O2. The van der Waals surface area contributed by atoms with Crippen molar-refractivity contribution in [3.05, 3.63) is 48.8 Å². The lowest BCUT2D eigenvalue weighted by atomic mass is 9.87. The van der Waals surface area contributed by atoms with Gasteiger partial charge in [0.15, 0.2) is 0 Å². The molecule has 2 aliphatic rings. The van der Waals surface area contributed by atoms with Gasteiger partial charge in [0, 0.05) is 38.2 Å². The molecule has 6 heteroatoms. The van der Waals surface area contributed by atoms with Crippen molar-refractivity contribution >= 4 is 11.6 Å². The molecule has 0 radical (unpaired) electrons. The SMILES string of the molecule is CN(c1ccccc1)[C@H]1COC2(CCN(C(=O)Cn3cccn3)CC2)C1. The monoisotopic (exact) mass is 354 g/mol. The number of likely N-dealkylation sites (tertiary alicyclic amines) is 1. The average Bonchev–Trinajstić information content (AvgIpc) is 3.33. The fourth-order valence-electron chi connectivity index (χ4n) is 4.09. The molecule has 1 aromatic carbocycles. The van der Waals surface area contributed by atoms with Crippen LogP contribution in [0.4, 0.5) is 5.69 Å². The summed E-state index contributed by atoms with van der Waals surface area (Å²) in [5, 5.41) is 4.12. The maximum atomic E-state index is 12.4. The van der Waals surface area contributed by atoms with E-state index in [-0.39, 0.29) is 11.5 Å². The van der Waals surface area contributed by atoms with E-state index in [1.807, 2.05) is 23.2 Å². The summed E-state index contributed by atoms with van der Waals surface area (Å²) in [5.74, 6) is 0.138. The number of para-hydroxylation sites is 1. The second-order valence-electron chi connectivity index (χ2n) is 7.38. The van der Waals surface area contributed by atoms with Crippen LogP contribution in [0.1, 0.15) is 19.3 Å². The van der Waals surface area contributed by atoms with E-state index in [4.69, 9.17) is 4.74 Å². The third kappa shape index (κ3) is 3.46. The molecule has 2 aliphatic heterocycles. The minimum Gasteiger partial charge on any atom is -0.373 e. The maximum absolute atomic E-state index is 12.4. The number of rotatable bonds is 4. The van der Waals surface area contributed by atoms with Gasteiger partial charge in [-0.1, -0.05) is 18.2 Å². The molecule has 1 amide bonds. The molecule has 138 valence electrons. The van der Waals surface area contributed by atoms with Gasteiger partial charge in [-0.2, -0.15) is 5.10 Å². The molecule has 6 nitrogen and oxygen atoms in total. The number of carbonyl (C=O) groups is 1. The number of piperidine rings is 1. The van der Waals surface area contributed by atoms with Gasteiger partial charge in [-0.3, -0.25) is 9.48 Å². The first-order valence-electron chi connectivity index (χ1n) is 9.32. The Balaban J connectivity index is 1.32. The number of likely N-dealkylation sites (N-methyl/N-ethyl adjacent to an activating group) is 1. The summed E-state index contributed by atoms with van der Waals surface area (Å²) >= 11 is 0. The van der Waals surface area contributed by atoms with Crippen LogP contribution in [0.25, 0.3) is 0 Å². The Hall–Kier alpha value is -2.34. The van der Waals surface area contributed by atoms with Crippen molar-refractivity contribution in [3.63, 3.8) is 0 Å². The second kappa shape index (κ2) is 7.11. The van der Waals surface area contributed by atoms with Gasteiger partial charge >= 0.3 is 0 Å². The lowest BCUT2D eigenvalue weighted by molar-refractivity contribution is -0.136. The third-order valence-corrected chi connectivity index (χ3v) is 5.78. The van der Waals surface area contributed by atoms with E-state index in [0.717, 1.165) is 39.0 Å². The number of carbonyl (C=O) groups excluding carboxylic acids is 1. The molecule has 1 atom stereocenters. The largest absolute Gasteiger partial charge is 0.373 e. The Morgan fingerprint density at radius 1 is 1.27 bits per heavy atom. The van der Waals surface area contributed by atoms with E-state index in [1.165, 1.54) is 5.69 Å². The van der Waals surface area contributed by atoms with Gasteiger partial charge in [0.25, 0.3) is 0 Å². The van der Waals surface area contributed by atoms with Gasteiger partial charge in [0.2, 0.25) is 5.91 Å². The van der Waals surface area contributed by atoms with Crippen molar-refractivity contribution < 1.29 is 9.53 Å². The quantitative estimate of drug-likeness (QED) is 0.844. The minimum atomic E-state index is -0.0732. The summed E-state index contributed by atoms with van der Waals surface area (Å²) in [6.45, 7) is 2.61. The number of anilines is 1. The van der Waals surface area contributed by atoms with Gasteiger partial charge in [-0.25, -0.2) is 0 Å². The van der Waals surface area contributed by atoms with E-state index < -0.39 is 0 Å². The van der Waals surface area contributed by atoms with E-state index >= 15 is 0 Å². The Morgan fingerprint density at radius 2 is 2.04 bits per heavy atom. The zero-order chi connectivity index (χ0) is 18.0. The maximum Gasteiger partial charge on any atom is 0.244 e. The molecule has 0 N–H and O–H groups in total. The molecule has 0 bridgehead atoms. The zero-order valence-electron chi connectivity index (χ0n) is 15.3. The summed E-state index contributed by atoms with van der Waals surface area (Å²) in [6.07, 6.45) is 6.38. The molecular weight excluding hydrogens is 328 g/mol. The first kappa shape index (κ1) is 17.1. The van der Waals surface area contributed by atoms with Crippen LogP contribution < -0.4 is 4.90 Å². The number of ether oxygens (including phenoxy) is 1. The molecule has 3 heterocycles. The fraction of sp³-hybridized carbons (Fsp3) is 0.500. The third-order valence-electron chi connectivity index (χ3n) is 5.78. The Bertz CT molecular complexity index is 724. The van der Waals surface area contributed by atoms with Crippen LogP contribution >= 0.6 is 0 Å². The van der Waals surface area contributed by atoms with Gasteiger partial charge in [0.1, 0.15) is 6.54 Å². The first-order chi connectivity index (χ1) is 12.7. The van der Waals surface area contributed by atoms with Gasteiger partial charge < -0.3 is 14.5 Å². The lowest BCUT2D eigenvalue weighted by Gasteiger charge is -2.39. The van der Waals surface area contributed by atoms with Crippen LogP contribution in [0.15, 0.2) is 48.8 Å². The normalized spacial score (nSPS) is 21.9. The van der Waals surface area contributed by atoms with E-state index in [0.29, 0.717) is 12.6 Å². The summed E-state index contributed by atoms with van der Waals surface area (Å²) in [5.41, 5.74) is 1.15. The van der Waals surface area contributed by atoms with Crippen molar-refractivity contribution in [1.29, 1.82) is 0 Å². The van der Waals surface area contributed by atoms with E-state index in [9.17, 15) is 4.79 Å². The summed E-state index contributed by atoms with van der Waals surface area (Å²) in [7, 11) is 2.14. The van der Waals surface area contributed by atoms with Crippen molar-refractivity contribution in [2.45, 2.75) is 37.5 Å².